The topological polar surface area (TPSA) is 95.9 Å². The predicted octanol–water partition coefficient (Wildman–Crippen LogP) is 2.67. The molecule has 0 aromatic heterocycles. The minimum absolute atomic E-state index is 0.0409. The zero-order chi connectivity index (χ0) is 18.1. The van der Waals surface area contributed by atoms with Gasteiger partial charge in [0.1, 0.15) is 23.7 Å². The number of carbonyl (C=O) groups excluding carboxylic acids is 2. The van der Waals surface area contributed by atoms with Gasteiger partial charge in [-0.25, -0.2) is 4.79 Å². The number of aromatic hydroxyl groups is 1. The number of anilines is 1. The number of rotatable bonds is 3. The molecule has 6 nitrogen and oxygen atoms in total. The highest BCUT2D eigenvalue weighted by atomic mass is 16.5. The molecule has 1 aliphatic heterocycles. The molecule has 3 N–H and O–H groups in total. The van der Waals surface area contributed by atoms with Gasteiger partial charge in [-0.2, -0.15) is 0 Å². The summed E-state index contributed by atoms with van der Waals surface area (Å²) in [6, 6.07) is 3.15. The van der Waals surface area contributed by atoms with Crippen molar-refractivity contribution in [2.24, 2.45) is 0 Å². The summed E-state index contributed by atoms with van der Waals surface area (Å²) >= 11 is 0. The molecule has 0 spiro atoms. The Hall–Kier alpha value is -2.60. The maximum Gasteiger partial charge on any atom is 0.342 e. The third kappa shape index (κ3) is 5.76. The standard InChI is InChI=1S/C19H23NO5/c21-10-9-20-15-12-14-6-2-1-3-7-16(22)8-4-5-11-25-19(24)18(14)17(23)13-15/h2,4-6,12-13,20-21,23H,1,3,7-11H2. The van der Waals surface area contributed by atoms with Gasteiger partial charge >= 0.3 is 5.97 Å². The summed E-state index contributed by atoms with van der Waals surface area (Å²) in [5.41, 5.74) is 1.23. The minimum atomic E-state index is -0.626. The molecule has 0 atom stereocenters. The van der Waals surface area contributed by atoms with Crippen molar-refractivity contribution in [3.8, 4) is 5.75 Å². The molecule has 25 heavy (non-hydrogen) atoms. The average molecular weight is 345 g/mol. The zero-order valence-corrected chi connectivity index (χ0v) is 14.0. The fourth-order valence-electron chi connectivity index (χ4n) is 2.51. The molecule has 1 aromatic carbocycles. The van der Waals surface area contributed by atoms with Crippen LogP contribution in [0.2, 0.25) is 0 Å². The van der Waals surface area contributed by atoms with Crippen molar-refractivity contribution in [3.05, 3.63) is 41.5 Å². The number of hydrogen-bond donors (Lipinski definition) is 3. The summed E-state index contributed by atoms with van der Waals surface area (Å²) in [7, 11) is 0. The molecule has 1 heterocycles. The largest absolute Gasteiger partial charge is 0.507 e. The average Bonchev–Trinajstić information content (AvgIpc) is 2.58. The first-order valence-electron chi connectivity index (χ1n) is 8.34. The van der Waals surface area contributed by atoms with E-state index in [0.29, 0.717) is 37.1 Å². The zero-order valence-electron chi connectivity index (χ0n) is 14.0. The van der Waals surface area contributed by atoms with Gasteiger partial charge in [-0.3, -0.25) is 4.79 Å². The molecule has 0 fully saturated rings. The first-order valence-corrected chi connectivity index (χ1v) is 8.34. The van der Waals surface area contributed by atoms with E-state index in [9.17, 15) is 14.7 Å². The molecule has 1 aliphatic rings. The summed E-state index contributed by atoms with van der Waals surface area (Å²) in [6.45, 7) is 0.328. The third-order valence-corrected chi connectivity index (χ3v) is 3.74. The molecule has 0 saturated carbocycles. The lowest BCUT2D eigenvalue weighted by Crippen LogP contribution is -2.10. The second-order valence-electron chi connectivity index (χ2n) is 5.72. The Balaban J connectivity index is 2.31. The van der Waals surface area contributed by atoms with Gasteiger partial charge < -0.3 is 20.3 Å². The number of benzene rings is 1. The van der Waals surface area contributed by atoms with Gasteiger partial charge in [0.05, 0.1) is 6.61 Å². The highest BCUT2D eigenvalue weighted by Gasteiger charge is 2.18. The number of aliphatic hydroxyl groups excluding tert-OH is 1. The molecule has 0 amide bonds. The van der Waals surface area contributed by atoms with Crippen LogP contribution in [0.25, 0.3) is 6.08 Å². The first kappa shape index (κ1) is 18.7. The van der Waals surface area contributed by atoms with Crippen LogP contribution < -0.4 is 5.32 Å². The van der Waals surface area contributed by atoms with Crippen molar-refractivity contribution in [3.63, 3.8) is 0 Å². The molecule has 134 valence electrons. The number of phenolic OH excluding ortho intramolecular Hbond substituents is 1. The van der Waals surface area contributed by atoms with E-state index in [1.807, 2.05) is 6.08 Å². The number of ketones is 1. The molecular formula is C19H23NO5. The lowest BCUT2D eigenvalue weighted by atomic mass is 10.0. The number of ether oxygens (including phenoxy) is 1. The number of allylic oxidation sites excluding steroid dienone is 2. The van der Waals surface area contributed by atoms with Crippen LogP contribution in [0.1, 0.15) is 41.6 Å². The van der Waals surface area contributed by atoms with Gasteiger partial charge in [-0.05, 0) is 24.5 Å². The van der Waals surface area contributed by atoms with Crippen LogP contribution in [0.3, 0.4) is 0 Å². The Labute approximate surface area is 146 Å². The molecule has 2 rings (SSSR count). The predicted molar refractivity (Wildman–Crippen MR) is 95.6 cm³/mol. The van der Waals surface area contributed by atoms with Crippen molar-refractivity contribution in [1.82, 2.24) is 0 Å². The van der Waals surface area contributed by atoms with E-state index in [4.69, 9.17) is 9.84 Å². The first-order chi connectivity index (χ1) is 12.1. The Morgan fingerprint density at radius 2 is 2.00 bits per heavy atom. The number of carbonyl (C=O) groups is 2. The molecule has 0 unspecified atom stereocenters. The number of hydrogen-bond acceptors (Lipinski definition) is 6. The van der Waals surface area contributed by atoms with E-state index in [2.05, 4.69) is 5.32 Å². The van der Waals surface area contributed by atoms with Crippen molar-refractivity contribution in [2.45, 2.75) is 25.7 Å². The summed E-state index contributed by atoms with van der Waals surface area (Å²) in [4.78, 5) is 24.0. The number of aliphatic hydroxyl groups is 1. The molecule has 0 aliphatic carbocycles. The number of cyclic esters (lactones) is 1. The normalized spacial score (nSPS) is 16.0. The van der Waals surface area contributed by atoms with Gasteiger partial charge in [-0.1, -0.05) is 24.3 Å². The molecule has 6 heteroatoms. The maximum absolute atomic E-state index is 12.3. The van der Waals surface area contributed by atoms with Crippen LogP contribution in [0.5, 0.6) is 5.75 Å². The monoisotopic (exact) mass is 345 g/mol. The fraction of sp³-hybridized carbons (Fsp3) is 0.368. The van der Waals surface area contributed by atoms with Gasteiger partial charge in [0.25, 0.3) is 0 Å². The second kappa shape index (κ2) is 9.64. The lowest BCUT2D eigenvalue weighted by molar-refractivity contribution is -0.118. The van der Waals surface area contributed by atoms with Gasteiger partial charge in [0.2, 0.25) is 0 Å². The van der Waals surface area contributed by atoms with Crippen LogP contribution in [0, 0.1) is 0 Å². The molecule has 1 aromatic rings. The van der Waals surface area contributed by atoms with Crippen molar-refractivity contribution < 1.29 is 24.5 Å². The Morgan fingerprint density at radius 3 is 2.80 bits per heavy atom. The number of nitrogens with one attached hydrogen (secondary N) is 1. The van der Waals surface area contributed by atoms with Crippen LogP contribution in [-0.4, -0.2) is 41.7 Å². The van der Waals surface area contributed by atoms with Crippen LogP contribution in [-0.2, 0) is 9.53 Å². The summed E-state index contributed by atoms with van der Waals surface area (Å²) in [5.74, 6) is -0.653. The van der Waals surface area contributed by atoms with Crippen LogP contribution in [0.4, 0.5) is 5.69 Å². The second-order valence-corrected chi connectivity index (χ2v) is 5.72. The third-order valence-electron chi connectivity index (χ3n) is 3.74. The molecule has 0 saturated heterocycles. The van der Waals surface area contributed by atoms with Gasteiger partial charge in [0.15, 0.2) is 0 Å². The highest BCUT2D eigenvalue weighted by Crippen LogP contribution is 2.28. The molecule has 0 radical (unpaired) electrons. The SMILES string of the molecule is O=C1CC=CCOC(=O)c2c(O)cc(NCCO)cc2C=CCCC1. The number of phenols is 1. The Kier molecular flexibility index (Phi) is 7.22. The minimum Gasteiger partial charge on any atom is -0.507 e. The van der Waals surface area contributed by atoms with Gasteiger partial charge in [-0.15, -0.1) is 0 Å². The van der Waals surface area contributed by atoms with Gasteiger partial charge in [0, 0.05) is 31.1 Å². The molecular weight excluding hydrogens is 322 g/mol. The summed E-state index contributed by atoms with van der Waals surface area (Å²) in [6.07, 6.45) is 9.21. The van der Waals surface area contributed by atoms with E-state index in [1.165, 1.54) is 6.07 Å². The van der Waals surface area contributed by atoms with Crippen LogP contribution >= 0.6 is 0 Å². The van der Waals surface area contributed by atoms with Crippen molar-refractivity contribution in [1.29, 1.82) is 0 Å². The highest BCUT2D eigenvalue weighted by molar-refractivity contribution is 5.97. The molecule has 0 bridgehead atoms. The van der Waals surface area contributed by atoms with E-state index in [0.717, 1.165) is 6.42 Å². The van der Waals surface area contributed by atoms with E-state index >= 15 is 0 Å². The quantitative estimate of drug-likeness (QED) is 0.576. The Bertz CT molecular complexity index is 679. The summed E-state index contributed by atoms with van der Waals surface area (Å²) in [5, 5.41) is 22.1. The van der Waals surface area contributed by atoms with Crippen LogP contribution in [0.15, 0.2) is 30.4 Å². The van der Waals surface area contributed by atoms with E-state index < -0.39 is 5.97 Å². The van der Waals surface area contributed by atoms with Crippen molar-refractivity contribution >= 4 is 23.5 Å². The number of fused-ring (bicyclic) bond motifs is 1. The van der Waals surface area contributed by atoms with E-state index in [-0.39, 0.29) is 30.3 Å². The number of esters is 1. The fourth-order valence-corrected chi connectivity index (χ4v) is 2.51. The lowest BCUT2D eigenvalue weighted by Gasteiger charge is -2.12. The van der Waals surface area contributed by atoms with E-state index in [1.54, 1.807) is 24.3 Å². The van der Waals surface area contributed by atoms with Crippen molar-refractivity contribution in [2.75, 3.05) is 25.1 Å². The smallest absolute Gasteiger partial charge is 0.342 e. The maximum atomic E-state index is 12.3. The summed E-state index contributed by atoms with van der Waals surface area (Å²) < 4.78 is 5.16. The number of Topliss-reactive ketones (excluding diaryl/α,β-unsaturated/α-hetero) is 1. The Morgan fingerprint density at radius 1 is 1.16 bits per heavy atom.